The Morgan fingerprint density at radius 3 is 2.56 bits per heavy atom. The minimum absolute atomic E-state index is 0.00869. The van der Waals surface area contributed by atoms with Crippen molar-refractivity contribution in [2.45, 2.75) is 38.3 Å². The maximum Gasteiger partial charge on any atom is 0.262 e. The lowest BCUT2D eigenvalue weighted by molar-refractivity contribution is -0.187. The first-order valence-electron chi connectivity index (χ1n) is 12.0. The first kappa shape index (κ1) is 25.5. The number of aliphatic hydroxyl groups excluding tert-OH is 2. The molecule has 3 unspecified atom stereocenters. The zero-order valence-electron chi connectivity index (χ0n) is 21.0. The van der Waals surface area contributed by atoms with Crippen LogP contribution in [0, 0.1) is 11.3 Å². The number of nitrogens with zero attached hydrogens (tertiary/aromatic N) is 3. The number of ether oxygens (including phenoxy) is 1. The SMILES string of the molecule is C/C(=C(/C#N)C(=O)NCC1CC(O)CC(O)O1)c1ccc(-c2ccc3cc(N(C)C)ccc3c2)n1C. The van der Waals surface area contributed by atoms with E-state index in [4.69, 9.17) is 4.74 Å². The molecule has 0 spiro atoms. The number of aromatic nitrogens is 1. The molecule has 8 nitrogen and oxygen atoms in total. The van der Waals surface area contributed by atoms with Crippen LogP contribution in [0.4, 0.5) is 5.69 Å². The van der Waals surface area contributed by atoms with E-state index in [0.29, 0.717) is 12.0 Å². The summed E-state index contributed by atoms with van der Waals surface area (Å²) >= 11 is 0. The van der Waals surface area contributed by atoms with Crippen LogP contribution in [0.5, 0.6) is 0 Å². The van der Waals surface area contributed by atoms with Crippen LogP contribution in [0.25, 0.3) is 27.6 Å². The van der Waals surface area contributed by atoms with Gasteiger partial charge < -0.3 is 29.7 Å². The van der Waals surface area contributed by atoms with Crippen LogP contribution >= 0.6 is 0 Å². The number of carbonyl (C=O) groups excluding carboxylic acids is 1. The summed E-state index contributed by atoms with van der Waals surface area (Å²) in [6.45, 7) is 1.85. The number of aliphatic hydroxyl groups is 2. The van der Waals surface area contributed by atoms with Crippen molar-refractivity contribution >= 4 is 27.9 Å². The molecule has 188 valence electrons. The number of anilines is 1. The number of fused-ring (bicyclic) bond motifs is 1. The number of rotatable bonds is 6. The topological polar surface area (TPSA) is 111 Å². The van der Waals surface area contributed by atoms with Crippen LogP contribution in [0.3, 0.4) is 0 Å². The molecule has 3 aromatic rings. The Hall–Kier alpha value is -3.64. The summed E-state index contributed by atoms with van der Waals surface area (Å²) in [7, 11) is 5.95. The molecule has 1 saturated heterocycles. The molecule has 1 aliphatic heterocycles. The maximum absolute atomic E-state index is 12.8. The smallest absolute Gasteiger partial charge is 0.262 e. The largest absolute Gasteiger partial charge is 0.393 e. The average molecular weight is 489 g/mol. The highest BCUT2D eigenvalue weighted by Gasteiger charge is 2.28. The molecular weight excluding hydrogens is 456 g/mol. The first-order chi connectivity index (χ1) is 17.2. The molecule has 3 atom stereocenters. The summed E-state index contributed by atoms with van der Waals surface area (Å²) in [6.07, 6.45) is -1.80. The number of carbonyl (C=O) groups is 1. The summed E-state index contributed by atoms with van der Waals surface area (Å²) in [4.78, 5) is 14.9. The van der Waals surface area contributed by atoms with Crippen molar-refractivity contribution in [3.63, 3.8) is 0 Å². The Balaban J connectivity index is 1.56. The summed E-state index contributed by atoms with van der Waals surface area (Å²) in [6, 6.07) is 18.6. The van der Waals surface area contributed by atoms with Gasteiger partial charge in [0.25, 0.3) is 5.91 Å². The molecule has 0 saturated carbocycles. The van der Waals surface area contributed by atoms with E-state index in [1.165, 1.54) is 0 Å². The van der Waals surface area contributed by atoms with Gasteiger partial charge in [0.2, 0.25) is 0 Å². The predicted octanol–water partition coefficient (Wildman–Crippen LogP) is 3.18. The van der Waals surface area contributed by atoms with Gasteiger partial charge in [0.05, 0.1) is 12.2 Å². The fourth-order valence-electron chi connectivity index (χ4n) is 4.67. The van der Waals surface area contributed by atoms with Gasteiger partial charge in [0, 0.05) is 57.6 Å². The van der Waals surface area contributed by atoms with Crippen molar-refractivity contribution in [3.05, 3.63) is 59.8 Å². The fraction of sp³-hybridized carbons (Fsp3) is 0.357. The third-order valence-electron chi connectivity index (χ3n) is 6.70. The van der Waals surface area contributed by atoms with Crippen molar-refractivity contribution in [1.29, 1.82) is 5.26 Å². The predicted molar refractivity (Wildman–Crippen MR) is 140 cm³/mol. The number of amides is 1. The third kappa shape index (κ3) is 5.29. The Morgan fingerprint density at radius 1 is 1.14 bits per heavy atom. The molecule has 2 aromatic carbocycles. The molecule has 0 radical (unpaired) electrons. The number of nitrogens with one attached hydrogen (secondary N) is 1. The highest BCUT2D eigenvalue weighted by atomic mass is 16.6. The van der Waals surface area contributed by atoms with Crippen molar-refractivity contribution < 1.29 is 19.7 Å². The van der Waals surface area contributed by atoms with E-state index < -0.39 is 24.4 Å². The molecule has 2 heterocycles. The molecule has 1 aliphatic rings. The van der Waals surface area contributed by atoms with E-state index in [1.807, 2.05) is 43.9 Å². The normalized spacial score (nSPS) is 20.5. The lowest BCUT2D eigenvalue weighted by Crippen LogP contribution is -2.42. The Bertz CT molecular complexity index is 1340. The molecule has 1 amide bonds. The van der Waals surface area contributed by atoms with E-state index in [-0.39, 0.29) is 18.5 Å². The molecule has 1 aromatic heterocycles. The molecule has 8 heteroatoms. The minimum Gasteiger partial charge on any atom is -0.393 e. The number of allylic oxidation sites excluding steroid dienone is 1. The van der Waals surface area contributed by atoms with Crippen molar-refractivity contribution in [2.75, 3.05) is 25.5 Å². The minimum atomic E-state index is -1.06. The second kappa shape index (κ2) is 10.5. The van der Waals surface area contributed by atoms with Crippen LogP contribution in [0.15, 0.2) is 54.1 Å². The van der Waals surface area contributed by atoms with E-state index in [0.717, 1.165) is 33.4 Å². The van der Waals surface area contributed by atoms with E-state index >= 15 is 0 Å². The van der Waals surface area contributed by atoms with Crippen LogP contribution in [0.1, 0.15) is 25.5 Å². The van der Waals surface area contributed by atoms with Gasteiger partial charge in [-0.2, -0.15) is 5.26 Å². The molecule has 4 rings (SSSR count). The van der Waals surface area contributed by atoms with Gasteiger partial charge in [-0.3, -0.25) is 4.79 Å². The van der Waals surface area contributed by atoms with Crippen molar-refractivity contribution in [2.24, 2.45) is 7.05 Å². The van der Waals surface area contributed by atoms with Crippen LogP contribution in [-0.4, -0.2) is 59.8 Å². The van der Waals surface area contributed by atoms with Gasteiger partial charge in [0.1, 0.15) is 11.6 Å². The third-order valence-corrected chi connectivity index (χ3v) is 6.70. The summed E-state index contributed by atoms with van der Waals surface area (Å²) < 4.78 is 7.34. The summed E-state index contributed by atoms with van der Waals surface area (Å²) in [5.74, 6) is -0.515. The standard InChI is InChI=1S/C28H32N4O4/c1-17(24(15-29)28(35)30-16-23-13-22(33)14-27(34)36-23)25-9-10-26(32(25)4)20-6-5-19-12-21(31(2)3)8-7-18(19)11-20/h5-12,22-23,27,33-34H,13-14,16H2,1-4H3,(H,30,35)/b24-17+. The summed E-state index contributed by atoms with van der Waals surface area (Å²) in [5, 5.41) is 34.2. The number of benzene rings is 2. The van der Waals surface area contributed by atoms with Gasteiger partial charge in [-0.15, -0.1) is 0 Å². The highest BCUT2D eigenvalue weighted by Crippen LogP contribution is 2.30. The number of hydrogen-bond donors (Lipinski definition) is 3. The molecule has 1 fully saturated rings. The summed E-state index contributed by atoms with van der Waals surface area (Å²) in [5.41, 5.74) is 4.48. The molecule has 0 aliphatic carbocycles. The number of hydrogen-bond acceptors (Lipinski definition) is 6. The zero-order valence-corrected chi connectivity index (χ0v) is 21.0. The van der Waals surface area contributed by atoms with Crippen molar-refractivity contribution in [3.8, 4) is 17.3 Å². The van der Waals surface area contributed by atoms with E-state index in [9.17, 15) is 20.3 Å². The van der Waals surface area contributed by atoms with Crippen LogP contribution in [0.2, 0.25) is 0 Å². The monoisotopic (exact) mass is 488 g/mol. The van der Waals surface area contributed by atoms with Gasteiger partial charge in [0.15, 0.2) is 6.29 Å². The molecule has 36 heavy (non-hydrogen) atoms. The van der Waals surface area contributed by atoms with Crippen molar-refractivity contribution in [1.82, 2.24) is 9.88 Å². The first-order valence-corrected chi connectivity index (χ1v) is 12.0. The van der Waals surface area contributed by atoms with Crippen LogP contribution in [-0.2, 0) is 16.6 Å². The second-order valence-corrected chi connectivity index (χ2v) is 9.46. The van der Waals surface area contributed by atoms with E-state index in [1.54, 1.807) is 6.92 Å². The quantitative estimate of drug-likeness (QED) is 0.363. The van der Waals surface area contributed by atoms with E-state index in [2.05, 4.69) is 46.6 Å². The van der Waals surface area contributed by atoms with Gasteiger partial charge in [-0.05, 0) is 59.2 Å². The van der Waals surface area contributed by atoms with Gasteiger partial charge in [-0.1, -0.05) is 18.2 Å². The molecule has 3 N–H and O–H groups in total. The number of nitriles is 1. The lowest BCUT2D eigenvalue weighted by atomic mass is 10.0. The average Bonchev–Trinajstić information content (AvgIpc) is 3.23. The second-order valence-electron chi connectivity index (χ2n) is 9.46. The Kier molecular flexibility index (Phi) is 7.45. The fourth-order valence-corrected chi connectivity index (χ4v) is 4.67. The molecule has 0 bridgehead atoms. The maximum atomic E-state index is 12.8. The van der Waals surface area contributed by atoms with Crippen LogP contribution < -0.4 is 10.2 Å². The zero-order chi connectivity index (χ0) is 26.0. The molecular formula is C28H32N4O4. The van der Waals surface area contributed by atoms with Gasteiger partial charge >= 0.3 is 0 Å². The Morgan fingerprint density at radius 2 is 1.86 bits per heavy atom. The highest BCUT2D eigenvalue weighted by molar-refractivity contribution is 6.04. The Labute approximate surface area is 211 Å². The lowest BCUT2D eigenvalue weighted by Gasteiger charge is -2.30. The van der Waals surface area contributed by atoms with Gasteiger partial charge in [-0.25, -0.2) is 0 Å².